The van der Waals surface area contributed by atoms with Gasteiger partial charge in [0.15, 0.2) is 5.96 Å². The summed E-state index contributed by atoms with van der Waals surface area (Å²) in [4.78, 5) is 4.44. The van der Waals surface area contributed by atoms with Gasteiger partial charge < -0.3 is 11.1 Å². The predicted molar refractivity (Wildman–Crippen MR) is 78.1 cm³/mol. The molecule has 0 aliphatic heterocycles. The first-order valence-electron chi connectivity index (χ1n) is 6.69. The largest absolute Gasteiger partial charge is 0.370 e. The molecule has 18 heavy (non-hydrogen) atoms. The van der Waals surface area contributed by atoms with Crippen LogP contribution in [0.3, 0.4) is 0 Å². The van der Waals surface area contributed by atoms with Crippen LogP contribution in [0.2, 0.25) is 0 Å². The van der Waals surface area contributed by atoms with Gasteiger partial charge in [-0.05, 0) is 63.6 Å². The van der Waals surface area contributed by atoms with Crippen molar-refractivity contribution in [3.05, 3.63) is 29.3 Å². The fraction of sp³-hybridized carbons (Fsp3) is 0.533. The second-order valence-corrected chi connectivity index (χ2v) is 5.94. The zero-order valence-corrected chi connectivity index (χ0v) is 11.6. The summed E-state index contributed by atoms with van der Waals surface area (Å²) in [6.45, 7) is 6.13. The summed E-state index contributed by atoms with van der Waals surface area (Å²) in [5, 5.41) is 3.25. The summed E-state index contributed by atoms with van der Waals surface area (Å²) in [6.07, 6.45) is 4.88. The number of hydrogen-bond acceptors (Lipinski definition) is 1. The molecule has 1 aromatic carbocycles. The van der Waals surface area contributed by atoms with E-state index in [-0.39, 0.29) is 5.54 Å². The van der Waals surface area contributed by atoms with E-state index in [0.29, 0.717) is 5.96 Å². The van der Waals surface area contributed by atoms with E-state index >= 15 is 0 Å². The highest BCUT2D eigenvalue weighted by Crippen LogP contribution is 2.27. The molecule has 1 aliphatic rings. The van der Waals surface area contributed by atoms with Crippen molar-refractivity contribution in [2.24, 2.45) is 10.7 Å². The third-order valence-corrected chi connectivity index (χ3v) is 3.11. The molecule has 2 rings (SSSR count). The molecule has 0 saturated heterocycles. The number of nitrogens with two attached hydrogens (primary N) is 1. The highest BCUT2D eigenvalue weighted by atomic mass is 15.1. The van der Waals surface area contributed by atoms with Crippen molar-refractivity contribution in [2.75, 3.05) is 5.32 Å². The molecule has 0 bridgehead atoms. The average molecular weight is 245 g/mol. The Balaban J connectivity index is 2.22. The minimum Gasteiger partial charge on any atom is -0.370 e. The molecule has 0 saturated carbocycles. The van der Waals surface area contributed by atoms with Gasteiger partial charge in [-0.2, -0.15) is 0 Å². The summed E-state index contributed by atoms with van der Waals surface area (Å²) < 4.78 is 0. The summed E-state index contributed by atoms with van der Waals surface area (Å²) in [5.41, 5.74) is 9.81. The SMILES string of the molecule is CC(C)(C)N=C(N)Nc1cccc2c1CCCC2. The number of aryl methyl sites for hydroxylation is 1. The lowest BCUT2D eigenvalue weighted by Gasteiger charge is -2.21. The molecule has 98 valence electrons. The molecule has 0 atom stereocenters. The molecule has 0 aromatic heterocycles. The van der Waals surface area contributed by atoms with E-state index in [4.69, 9.17) is 5.73 Å². The Morgan fingerprint density at radius 2 is 1.94 bits per heavy atom. The lowest BCUT2D eigenvalue weighted by molar-refractivity contribution is 0.583. The van der Waals surface area contributed by atoms with Gasteiger partial charge in [-0.15, -0.1) is 0 Å². The summed E-state index contributed by atoms with van der Waals surface area (Å²) in [6, 6.07) is 6.41. The Labute approximate surface area is 109 Å². The van der Waals surface area contributed by atoms with Crippen LogP contribution in [-0.4, -0.2) is 11.5 Å². The van der Waals surface area contributed by atoms with Gasteiger partial charge in [0.05, 0.1) is 5.54 Å². The van der Waals surface area contributed by atoms with Crippen LogP contribution in [0.15, 0.2) is 23.2 Å². The Hall–Kier alpha value is -1.51. The topological polar surface area (TPSA) is 50.4 Å². The number of anilines is 1. The van der Waals surface area contributed by atoms with Crippen molar-refractivity contribution in [2.45, 2.75) is 52.0 Å². The monoisotopic (exact) mass is 245 g/mol. The van der Waals surface area contributed by atoms with Crippen LogP contribution in [0.1, 0.15) is 44.7 Å². The Morgan fingerprint density at radius 1 is 1.22 bits per heavy atom. The normalized spacial score (nSPS) is 16.3. The first-order chi connectivity index (χ1) is 8.46. The molecular formula is C15H23N3. The van der Waals surface area contributed by atoms with Crippen LogP contribution in [0.25, 0.3) is 0 Å². The smallest absolute Gasteiger partial charge is 0.193 e. The van der Waals surface area contributed by atoms with Gasteiger partial charge in [0, 0.05) is 5.69 Å². The van der Waals surface area contributed by atoms with Crippen LogP contribution in [-0.2, 0) is 12.8 Å². The minimum absolute atomic E-state index is 0.147. The Kier molecular flexibility index (Phi) is 3.60. The number of nitrogens with zero attached hydrogens (tertiary/aromatic N) is 1. The highest BCUT2D eigenvalue weighted by molar-refractivity contribution is 5.93. The van der Waals surface area contributed by atoms with Gasteiger partial charge in [0.2, 0.25) is 0 Å². The van der Waals surface area contributed by atoms with Gasteiger partial charge in [0.1, 0.15) is 0 Å². The van der Waals surface area contributed by atoms with E-state index in [1.165, 1.54) is 30.4 Å². The van der Waals surface area contributed by atoms with Gasteiger partial charge in [-0.25, -0.2) is 4.99 Å². The quantitative estimate of drug-likeness (QED) is 0.590. The number of benzene rings is 1. The van der Waals surface area contributed by atoms with E-state index in [1.807, 2.05) is 20.8 Å². The fourth-order valence-electron chi connectivity index (χ4n) is 2.43. The van der Waals surface area contributed by atoms with Crippen LogP contribution >= 0.6 is 0 Å². The van der Waals surface area contributed by atoms with E-state index in [0.717, 1.165) is 12.1 Å². The summed E-state index contributed by atoms with van der Waals surface area (Å²) in [5.74, 6) is 0.501. The third kappa shape index (κ3) is 3.25. The van der Waals surface area contributed by atoms with Gasteiger partial charge >= 0.3 is 0 Å². The van der Waals surface area contributed by atoms with Crippen LogP contribution in [0, 0.1) is 0 Å². The number of aliphatic imine (C=N–C) groups is 1. The van der Waals surface area contributed by atoms with E-state index < -0.39 is 0 Å². The molecule has 0 fully saturated rings. The lowest BCUT2D eigenvalue weighted by atomic mass is 9.90. The first kappa shape index (κ1) is 12.9. The van der Waals surface area contributed by atoms with E-state index in [2.05, 4.69) is 28.5 Å². The maximum Gasteiger partial charge on any atom is 0.193 e. The molecule has 0 unspecified atom stereocenters. The van der Waals surface area contributed by atoms with Gasteiger partial charge in [0.25, 0.3) is 0 Å². The fourth-order valence-corrected chi connectivity index (χ4v) is 2.43. The minimum atomic E-state index is -0.147. The maximum absolute atomic E-state index is 5.96. The lowest BCUT2D eigenvalue weighted by Crippen LogP contribution is -2.28. The molecule has 0 amide bonds. The Morgan fingerprint density at radius 3 is 2.67 bits per heavy atom. The number of rotatable bonds is 1. The highest BCUT2D eigenvalue weighted by Gasteiger charge is 2.14. The molecule has 0 heterocycles. The molecular weight excluding hydrogens is 222 g/mol. The number of fused-ring (bicyclic) bond motifs is 1. The first-order valence-corrected chi connectivity index (χ1v) is 6.69. The average Bonchev–Trinajstić information content (AvgIpc) is 2.27. The molecule has 3 heteroatoms. The number of guanidine groups is 1. The molecule has 1 aliphatic carbocycles. The van der Waals surface area contributed by atoms with Gasteiger partial charge in [-0.1, -0.05) is 12.1 Å². The van der Waals surface area contributed by atoms with Crippen molar-refractivity contribution < 1.29 is 0 Å². The van der Waals surface area contributed by atoms with Crippen LogP contribution in [0.5, 0.6) is 0 Å². The van der Waals surface area contributed by atoms with Crippen molar-refractivity contribution in [1.29, 1.82) is 0 Å². The molecule has 3 N–H and O–H groups in total. The van der Waals surface area contributed by atoms with E-state index in [9.17, 15) is 0 Å². The number of nitrogens with one attached hydrogen (secondary N) is 1. The second kappa shape index (κ2) is 5.01. The van der Waals surface area contributed by atoms with Crippen molar-refractivity contribution in [3.8, 4) is 0 Å². The molecule has 0 spiro atoms. The van der Waals surface area contributed by atoms with E-state index in [1.54, 1.807) is 0 Å². The molecule has 3 nitrogen and oxygen atoms in total. The van der Waals surface area contributed by atoms with Gasteiger partial charge in [-0.3, -0.25) is 0 Å². The molecule has 1 aromatic rings. The zero-order valence-electron chi connectivity index (χ0n) is 11.6. The standard InChI is InChI=1S/C15H23N3/c1-15(2,3)18-14(16)17-13-10-6-8-11-7-4-5-9-12(11)13/h6,8,10H,4-5,7,9H2,1-3H3,(H3,16,17,18). The summed E-state index contributed by atoms with van der Waals surface area (Å²) in [7, 11) is 0. The third-order valence-electron chi connectivity index (χ3n) is 3.11. The second-order valence-electron chi connectivity index (χ2n) is 5.94. The zero-order chi connectivity index (χ0) is 13.2. The van der Waals surface area contributed by atoms with Crippen molar-refractivity contribution >= 4 is 11.6 Å². The number of hydrogen-bond donors (Lipinski definition) is 2. The predicted octanol–water partition coefficient (Wildman–Crippen LogP) is 3.09. The molecule has 0 radical (unpaired) electrons. The Bertz CT molecular complexity index is 455. The van der Waals surface area contributed by atoms with Crippen LogP contribution < -0.4 is 11.1 Å². The summed E-state index contributed by atoms with van der Waals surface area (Å²) >= 11 is 0. The van der Waals surface area contributed by atoms with Crippen LogP contribution in [0.4, 0.5) is 5.69 Å². The van der Waals surface area contributed by atoms with Crippen molar-refractivity contribution in [3.63, 3.8) is 0 Å². The maximum atomic E-state index is 5.96. The van der Waals surface area contributed by atoms with Crippen molar-refractivity contribution in [1.82, 2.24) is 0 Å².